The van der Waals surface area contributed by atoms with E-state index in [9.17, 15) is 4.79 Å². The maximum atomic E-state index is 12.4. The Morgan fingerprint density at radius 1 is 1.08 bits per heavy atom. The number of amides is 1. The van der Waals surface area contributed by atoms with E-state index >= 15 is 0 Å². The summed E-state index contributed by atoms with van der Waals surface area (Å²) in [6.45, 7) is 6.43. The Balaban J connectivity index is 1.74. The van der Waals surface area contributed by atoms with Gasteiger partial charge in [0.05, 0.1) is 11.9 Å². The van der Waals surface area contributed by atoms with E-state index in [-0.39, 0.29) is 11.8 Å². The molecule has 4 rings (SSSR count). The minimum Gasteiger partial charge on any atom is -0.310 e. The number of fused-ring (bicyclic) bond motifs is 1. The lowest BCUT2D eigenvalue weighted by Gasteiger charge is -2.24. The topological polar surface area (TPSA) is 46.9 Å². The molecule has 3 aromatic rings. The average molecular weight is 345 g/mol. The number of rotatable bonds is 3. The number of aryl methyl sites for hydroxylation is 1. The maximum absolute atomic E-state index is 12.4. The molecule has 0 unspecified atom stereocenters. The molecule has 1 amide bonds. The van der Waals surface area contributed by atoms with Gasteiger partial charge in [-0.2, -0.15) is 5.10 Å². The van der Waals surface area contributed by atoms with E-state index in [1.165, 1.54) is 11.1 Å². The molecule has 4 nitrogen and oxygen atoms in total. The van der Waals surface area contributed by atoms with Crippen LogP contribution >= 0.6 is 0 Å². The molecule has 2 heterocycles. The summed E-state index contributed by atoms with van der Waals surface area (Å²) in [6, 6.07) is 16.8. The third-order valence-corrected chi connectivity index (χ3v) is 5.10. The van der Waals surface area contributed by atoms with Gasteiger partial charge in [0.1, 0.15) is 5.82 Å². The van der Waals surface area contributed by atoms with Gasteiger partial charge in [0.15, 0.2) is 0 Å². The summed E-state index contributed by atoms with van der Waals surface area (Å²) in [5.74, 6) is 1.35. The number of benzene rings is 2. The molecular formula is C22H23N3O. The third kappa shape index (κ3) is 2.92. The highest BCUT2D eigenvalue weighted by molar-refractivity contribution is 5.94. The number of aromatic nitrogens is 2. The first-order valence-corrected chi connectivity index (χ1v) is 9.07. The number of nitrogens with one attached hydrogen (secondary N) is 1. The molecule has 0 aliphatic carbocycles. The highest BCUT2D eigenvalue weighted by Crippen LogP contribution is 2.38. The molecule has 2 aromatic carbocycles. The quantitative estimate of drug-likeness (QED) is 0.743. The lowest BCUT2D eigenvalue weighted by atomic mass is 9.86. The summed E-state index contributed by atoms with van der Waals surface area (Å²) in [5.41, 5.74) is 5.69. The highest BCUT2D eigenvalue weighted by atomic mass is 16.1. The molecule has 0 saturated carbocycles. The highest BCUT2D eigenvalue weighted by Gasteiger charge is 2.30. The first-order valence-electron chi connectivity index (χ1n) is 9.07. The second kappa shape index (κ2) is 6.45. The SMILES string of the molecule is Cc1ccc(-n2ncc3c2NC(=O)C[C@H]3c2ccc(C(C)C)cc2)cc1. The lowest BCUT2D eigenvalue weighted by molar-refractivity contribution is -0.116. The van der Waals surface area contributed by atoms with Gasteiger partial charge in [0.2, 0.25) is 5.91 Å². The van der Waals surface area contributed by atoms with E-state index < -0.39 is 0 Å². The fraction of sp³-hybridized carbons (Fsp3) is 0.273. The van der Waals surface area contributed by atoms with E-state index in [0.717, 1.165) is 22.6 Å². The molecule has 1 aromatic heterocycles. The van der Waals surface area contributed by atoms with Crippen LogP contribution in [0.3, 0.4) is 0 Å². The van der Waals surface area contributed by atoms with Gasteiger partial charge in [-0.3, -0.25) is 4.79 Å². The second-order valence-electron chi connectivity index (χ2n) is 7.32. The van der Waals surface area contributed by atoms with Crippen LogP contribution < -0.4 is 5.32 Å². The van der Waals surface area contributed by atoms with Crippen LogP contribution in [0.25, 0.3) is 5.69 Å². The van der Waals surface area contributed by atoms with Gasteiger partial charge in [-0.25, -0.2) is 4.68 Å². The fourth-order valence-corrected chi connectivity index (χ4v) is 3.51. The Morgan fingerprint density at radius 3 is 2.42 bits per heavy atom. The van der Waals surface area contributed by atoms with Crippen LogP contribution in [0.5, 0.6) is 0 Å². The fourth-order valence-electron chi connectivity index (χ4n) is 3.51. The minimum absolute atomic E-state index is 0.0318. The predicted molar refractivity (Wildman–Crippen MR) is 104 cm³/mol. The number of nitrogens with zero attached hydrogens (tertiary/aromatic N) is 2. The number of hydrogen-bond acceptors (Lipinski definition) is 2. The molecule has 0 bridgehead atoms. The third-order valence-electron chi connectivity index (χ3n) is 5.10. The Hall–Kier alpha value is -2.88. The molecule has 0 saturated heterocycles. The standard InChI is InChI=1S/C22H23N3O/c1-14(2)16-6-8-17(9-7-16)19-12-21(26)24-22-20(19)13-23-25(22)18-10-4-15(3)5-11-18/h4-11,13-14,19H,12H2,1-3H3,(H,24,26)/t19-/m0/s1. The van der Waals surface area contributed by atoms with Crippen LogP contribution in [-0.4, -0.2) is 15.7 Å². The van der Waals surface area contributed by atoms with Gasteiger partial charge >= 0.3 is 0 Å². The second-order valence-corrected chi connectivity index (χ2v) is 7.32. The zero-order valence-corrected chi connectivity index (χ0v) is 15.4. The average Bonchev–Trinajstić information content (AvgIpc) is 3.05. The van der Waals surface area contributed by atoms with Gasteiger partial charge in [-0.15, -0.1) is 0 Å². The Bertz CT molecular complexity index is 937. The van der Waals surface area contributed by atoms with Crippen molar-refractivity contribution in [2.45, 2.75) is 39.0 Å². The van der Waals surface area contributed by atoms with Crippen molar-refractivity contribution in [2.24, 2.45) is 0 Å². The van der Waals surface area contributed by atoms with Crippen LogP contribution in [0.4, 0.5) is 5.82 Å². The van der Waals surface area contributed by atoms with Crippen LogP contribution in [0.1, 0.15) is 54.4 Å². The van der Waals surface area contributed by atoms with Crippen molar-refractivity contribution < 1.29 is 4.79 Å². The van der Waals surface area contributed by atoms with Crippen LogP contribution in [0.15, 0.2) is 54.7 Å². The van der Waals surface area contributed by atoms with Gasteiger partial charge in [-0.1, -0.05) is 55.8 Å². The van der Waals surface area contributed by atoms with Gasteiger partial charge in [0.25, 0.3) is 0 Å². The molecule has 0 fully saturated rings. The summed E-state index contributed by atoms with van der Waals surface area (Å²) in [4.78, 5) is 12.4. The minimum atomic E-state index is 0.0318. The summed E-state index contributed by atoms with van der Waals surface area (Å²) in [6.07, 6.45) is 2.34. The first-order chi connectivity index (χ1) is 12.5. The first kappa shape index (κ1) is 16.6. The molecule has 0 spiro atoms. The largest absolute Gasteiger partial charge is 0.310 e. The molecular weight excluding hydrogens is 322 g/mol. The van der Waals surface area contributed by atoms with Crippen molar-refractivity contribution >= 4 is 11.7 Å². The van der Waals surface area contributed by atoms with E-state index in [2.05, 4.69) is 67.6 Å². The molecule has 4 heteroatoms. The van der Waals surface area contributed by atoms with E-state index in [4.69, 9.17) is 0 Å². The molecule has 1 aliphatic heterocycles. The lowest BCUT2D eigenvalue weighted by Crippen LogP contribution is -2.24. The smallest absolute Gasteiger partial charge is 0.226 e. The van der Waals surface area contributed by atoms with Crippen LogP contribution in [-0.2, 0) is 4.79 Å². The number of hydrogen-bond donors (Lipinski definition) is 1. The predicted octanol–water partition coefficient (Wildman–Crippen LogP) is 4.78. The Morgan fingerprint density at radius 2 is 1.77 bits per heavy atom. The van der Waals surface area contributed by atoms with Crippen molar-refractivity contribution in [2.75, 3.05) is 5.32 Å². The normalized spacial score (nSPS) is 16.5. The maximum Gasteiger partial charge on any atom is 0.226 e. The number of carbonyl (C=O) groups is 1. The van der Waals surface area contributed by atoms with Crippen molar-refractivity contribution in [3.05, 3.63) is 77.0 Å². The summed E-state index contributed by atoms with van der Waals surface area (Å²) in [5, 5.41) is 7.57. The Labute approximate surface area is 153 Å². The molecule has 26 heavy (non-hydrogen) atoms. The van der Waals surface area contributed by atoms with Crippen molar-refractivity contribution in [1.29, 1.82) is 0 Å². The number of anilines is 1. The van der Waals surface area contributed by atoms with Crippen molar-refractivity contribution in [3.63, 3.8) is 0 Å². The summed E-state index contributed by atoms with van der Waals surface area (Å²) < 4.78 is 1.82. The van der Waals surface area contributed by atoms with Crippen LogP contribution in [0, 0.1) is 6.92 Å². The molecule has 1 aliphatic rings. The molecule has 132 valence electrons. The number of carbonyl (C=O) groups excluding carboxylic acids is 1. The van der Waals surface area contributed by atoms with E-state index in [1.54, 1.807) is 0 Å². The van der Waals surface area contributed by atoms with Crippen LogP contribution in [0.2, 0.25) is 0 Å². The van der Waals surface area contributed by atoms with Crippen molar-refractivity contribution in [1.82, 2.24) is 9.78 Å². The van der Waals surface area contributed by atoms with Gasteiger partial charge < -0.3 is 5.32 Å². The summed E-state index contributed by atoms with van der Waals surface area (Å²) >= 11 is 0. The summed E-state index contributed by atoms with van der Waals surface area (Å²) in [7, 11) is 0. The van der Waals surface area contributed by atoms with Crippen molar-refractivity contribution in [3.8, 4) is 5.69 Å². The Kier molecular flexibility index (Phi) is 4.11. The van der Waals surface area contributed by atoms with Gasteiger partial charge in [-0.05, 0) is 36.1 Å². The molecule has 0 radical (unpaired) electrons. The van der Waals surface area contributed by atoms with E-state index in [1.807, 2.05) is 23.0 Å². The van der Waals surface area contributed by atoms with E-state index in [0.29, 0.717) is 12.3 Å². The molecule has 1 N–H and O–H groups in total. The molecule has 1 atom stereocenters. The zero-order valence-electron chi connectivity index (χ0n) is 15.4. The monoisotopic (exact) mass is 345 g/mol. The zero-order chi connectivity index (χ0) is 18.3. The van der Waals surface area contributed by atoms with Gasteiger partial charge in [0, 0.05) is 17.9 Å².